The molecule has 0 aliphatic heterocycles. The zero-order chi connectivity index (χ0) is 16.6. The van der Waals surface area contributed by atoms with Crippen LogP contribution in [0.4, 0.5) is 5.82 Å². The van der Waals surface area contributed by atoms with Gasteiger partial charge in [0.05, 0.1) is 12.4 Å². The van der Waals surface area contributed by atoms with Gasteiger partial charge in [0.2, 0.25) is 5.28 Å². The molecule has 1 unspecified atom stereocenters. The number of rotatable bonds is 4. The summed E-state index contributed by atoms with van der Waals surface area (Å²) >= 11 is 9.55. The molecule has 0 radical (unpaired) electrons. The molecule has 120 valence electrons. The Hall–Kier alpha value is -1.66. The van der Waals surface area contributed by atoms with Crippen molar-refractivity contribution in [1.82, 2.24) is 19.5 Å². The van der Waals surface area contributed by atoms with Crippen LogP contribution < -0.4 is 5.32 Å². The Bertz CT molecular complexity index is 828. The lowest BCUT2D eigenvalue weighted by Gasteiger charge is -2.16. The maximum absolute atomic E-state index is 6.10. The van der Waals surface area contributed by atoms with Crippen LogP contribution in [0.1, 0.15) is 38.4 Å². The number of hydrogen-bond acceptors (Lipinski definition) is 4. The van der Waals surface area contributed by atoms with E-state index >= 15 is 0 Å². The Kier molecular flexibility index (Phi) is 4.55. The number of imidazole rings is 1. The highest BCUT2D eigenvalue weighted by Crippen LogP contribution is 2.27. The van der Waals surface area contributed by atoms with Crippen molar-refractivity contribution in [3.8, 4) is 0 Å². The molecule has 1 aromatic carbocycles. The third-order valence-electron chi connectivity index (χ3n) is 3.67. The molecule has 23 heavy (non-hydrogen) atoms. The van der Waals surface area contributed by atoms with Crippen molar-refractivity contribution >= 4 is 44.5 Å². The van der Waals surface area contributed by atoms with E-state index in [1.165, 1.54) is 0 Å². The lowest BCUT2D eigenvalue weighted by molar-refractivity contribution is 0.612. The monoisotopic (exact) mass is 393 g/mol. The Labute approximate surface area is 148 Å². The molecular formula is C16H17BrClN5. The average Bonchev–Trinajstić information content (AvgIpc) is 2.91. The average molecular weight is 395 g/mol. The molecule has 1 N–H and O–H groups in total. The summed E-state index contributed by atoms with van der Waals surface area (Å²) in [5, 5.41) is 3.60. The maximum atomic E-state index is 6.10. The molecule has 1 atom stereocenters. The number of fused-ring (bicyclic) bond motifs is 1. The zero-order valence-corrected chi connectivity index (χ0v) is 15.4. The van der Waals surface area contributed by atoms with Crippen molar-refractivity contribution in [1.29, 1.82) is 0 Å². The molecule has 0 aliphatic rings. The minimum absolute atomic E-state index is 0.0708. The van der Waals surface area contributed by atoms with E-state index in [0.717, 1.165) is 21.2 Å². The Morgan fingerprint density at radius 3 is 2.48 bits per heavy atom. The summed E-state index contributed by atoms with van der Waals surface area (Å²) in [5.74, 6) is 0.648. The highest BCUT2D eigenvalue weighted by atomic mass is 79.9. The smallest absolute Gasteiger partial charge is 0.226 e. The molecule has 2 aromatic heterocycles. The topological polar surface area (TPSA) is 55.6 Å². The van der Waals surface area contributed by atoms with Crippen LogP contribution in [0.5, 0.6) is 0 Å². The maximum Gasteiger partial charge on any atom is 0.226 e. The zero-order valence-electron chi connectivity index (χ0n) is 13.1. The molecule has 7 heteroatoms. The highest BCUT2D eigenvalue weighted by Gasteiger charge is 2.16. The van der Waals surface area contributed by atoms with Gasteiger partial charge >= 0.3 is 0 Å². The number of nitrogens with one attached hydrogen (secondary N) is 1. The second-order valence-electron chi connectivity index (χ2n) is 5.68. The molecule has 0 amide bonds. The molecule has 0 saturated carbocycles. The second-order valence-corrected chi connectivity index (χ2v) is 6.93. The summed E-state index contributed by atoms with van der Waals surface area (Å²) in [6, 6.07) is 8.49. The first-order valence-electron chi connectivity index (χ1n) is 7.37. The van der Waals surface area contributed by atoms with Crippen LogP contribution in [-0.4, -0.2) is 19.5 Å². The largest absolute Gasteiger partial charge is 0.362 e. The third kappa shape index (κ3) is 3.33. The predicted octanol–water partition coefficient (Wildman–Crippen LogP) is 5.00. The standard InChI is InChI=1S/C16H17BrClN5/c1-9(2)23-8-19-13-14(21-16(18)22-15(13)23)20-10(3)11-4-6-12(17)7-5-11/h4-10H,1-3H3,(H,20,21,22). The lowest BCUT2D eigenvalue weighted by atomic mass is 10.1. The predicted molar refractivity (Wildman–Crippen MR) is 96.9 cm³/mol. The normalized spacial score (nSPS) is 12.8. The van der Waals surface area contributed by atoms with E-state index in [1.54, 1.807) is 6.33 Å². The van der Waals surface area contributed by atoms with Gasteiger partial charge in [-0.05, 0) is 50.1 Å². The van der Waals surface area contributed by atoms with Crippen LogP contribution in [-0.2, 0) is 0 Å². The quantitative estimate of drug-likeness (QED) is 0.633. The molecule has 3 aromatic rings. The molecular weight excluding hydrogens is 378 g/mol. The van der Waals surface area contributed by atoms with Crippen LogP contribution in [0, 0.1) is 0 Å². The molecule has 0 spiro atoms. The summed E-state index contributed by atoms with van der Waals surface area (Å²) in [6.45, 7) is 6.23. The fourth-order valence-corrected chi connectivity index (χ4v) is 2.84. The number of hydrogen-bond donors (Lipinski definition) is 1. The first-order chi connectivity index (χ1) is 11.0. The van der Waals surface area contributed by atoms with E-state index < -0.39 is 0 Å². The summed E-state index contributed by atoms with van der Waals surface area (Å²) in [4.78, 5) is 13.1. The van der Waals surface area contributed by atoms with E-state index in [-0.39, 0.29) is 17.4 Å². The van der Waals surface area contributed by atoms with Gasteiger partial charge < -0.3 is 9.88 Å². The van der Waals surface area contributed by atoms with E-state index in [4.69, 9.17) is 11.6 Å². The number of aromatic nitrogens is 4. The highest BCUT2D eigenvalue weighted by molar-refractivity contribution is 9.10. The van der Waals surface area contributed by atoms with Crippen molar-refractivity contribution in [3.63, 3.8) is 0 Å². The van der Waals surface area contributed by atoms with Crippen molar-refractivity contribution < 1.29 is 0 Å². The Morgan fingerprint density at radius 1 is 1.13 bits per heavy atom. The van der Waals surface area contributed by atoms with Gasteiger partial charge in [-0.3, -0.25) is 0 Å². The van der Waals surface area contributed by atoms with Crippen LogP contribution >= 0.6 is 27.5 Å². The van der Waals surface area contributed by atoms with Crippen molar-refractivity contribution in [2.75, 3.05) is 5.32 Å². The van der Waals surface area contributed by atoms with Crippen molar-refractivity contribution in [3.05, 3.63) is 45.9 Å². The van der Waals surface area contributed by atoms with E-state index in [1.807, 2.05) is 16.7 Å². The minimum atomic E-state index is 0.0708. The number of anilines is 1. The van der Waals surface area contributed by atoms with Gasteiger partial charge in [-0.15, -0.1) is 0 Å². The van der Waals surface area contributed by atoms with Crippen LogP contribution in [0.2, 0.25) is 5.28 Å². The number of benzene rings is 1. The lowest BCUT2D eigenvalue weighted by Crippen LogP contribution is -2.09. The third-order valence-corrected chi connectivity index (χ3v) is 4.37. The minimum Gasteiger partial charge on any atom is -0.362 e. The number of nitrogens with zero attached hydrogens (tertiary/aromatic N) is 4. The van der Waals surface area contributed by atoms with Gasteiger partial charge in [0.15, 0.2) is 17.0 Å². The van der Waals surface area contributed by atoms with Crippen molar-refractivity contribution in [2.45, 2.75) is 32.9 Å². The number of halogens is 2. The van der Waals surface area contributed by atoms with Crippen LogP contribution in [0.15, 0.2) is 35.1 Å². The van der Waals surface area contributed by atoms with E-state index in [2.05, 4.69) is 69.1 Å². The summed E-state index contributed by atoms with van der Waals surface area (Å²) < 4.78 is 3.04. The van der Waals surface area contributed by atoms with E-state index in [0.29, 0.717) is 5.82 Å². The molecule has 0 fully saturated rings. The van der Waals surface area contributed by atoms with Gasteiger partial charge in [0, 0.05) is 10.5 Å². The Balaban J connectivity index is 1.97. The molecule has 2 heterocycles. The summed E-state index contributed by atoms with van der Waals surface area (Å²) in [5.41, 5.74) is 2.62. The second kappa shape index (κ2) is 6.45. The fourth-order valence-electron chi connectivity index (χ4n) is 2.41. The van der Waals surface area contributed by atoms with Gasteiger partial charge in [-0.25, -0.2) is 4.98 Å². The summed E-state index contributed by atoms with van der Waals surface area (Å²) in [7, 11) is 0. The molecule has 0 saturated heterocycles. The van der Waals surface area contributed by atoms with Crippen molar-refractivity contribution in [2.24, 2.45) is 0 Å². The first kappa shape index (κ1) is 16.2. The SMILES string of the molecule is CC(Nc1nc(Cl)nc2c1ncn2C(C)C)c1ccc(Br)cc1. The molecule has 0 bridgehead atoms. The van der Waals surface area contributed by atoms with Gasteiger partial charge in [-0.2, -0.15) is 9.97 Å². The summed E-state index contributed by atoms with van der Waals surface area (Å²) in [6.07, 6.45) is 1.77. The Morgan fingerprint density at radius 2 is 1.83 bits per heavy atom. The molecule has 5 nitrogen and oxygen atoms in total. The first-order valence-corrected chi connectivity index (χ1v) is 8.55. The van der Waals surface area contributed by atoms with Gasteiger partial charge in [-0.1, -0.05) is 28.1 Å². The fraction of sp³-hybridized carbons (Fsp3) is 0.312. The van der Waals surface area contributed by atoms with Gasteiger partial charge in [0.1, 0.15) is 0 Å². The van der Waals surface area contributed by atoms with Gasteiger partial charge in [0.25, 0.3) is 0 Å². The van der Waals surface area contributed by atoms with Crippen LogP contribution in [0.25, 0.3) is 11.2 Å². The van der Waals surface area contributed by atoms with Crippen LogP contribution in [0.3, 0.4) is 0 Å². The molecule has 0 aliphatic carbocycles. The van der Waals surface area contributed by atoms with E-state index in [9.17, 15) is 0 Å². The molecule has 3 rings (SSSR count).